The van der Waals surface area contributed by atoms with Gasteiger partial charge in [-0.1, -0.05) is 13.8 Å². The fourth-order valence-electron chi connectivity index (χ4n) is 1.23. The average molecular weight is 231 g/mol. The first-order chi connectivity index (χ1) is 8.11. The van der Waals surface area contributed by atoms with Crippen molar-refractivity contribution < 1.29 is 4.79 Å². The highest BCUT2D eigenvalue weighted by molar-refractivity contribution is 5.80. The Bertz CT molecular complexity index is 404. The van der Waals surface area contributed by atoms with Gasteiger partial charge in [0.05, 0.1) is 18.2 Å². The van der Waals surface area contributed by atoms with E-state index in [4.69, 9.17) is 5.26 Å². The molecule has 1 aromatic rings. The molecule has 17 heavy (non-hydrogen) atoms. The number of anilines is 1. The highest BCUT2D eigenvalue weighted by atomic mass is 16.1. The molecule has 0 saturated heterocycles. The van der Waals surface area contributed by atoms with Crippen LogP contribution in [0, 0.1) is 17.2 Å². The number of nitriles is 1. The minimum absolute atomic E-state index is 0.0249. The van der Waals surface area contributed by atoms with Crippen LogP contribution in [0.15, 0.2) is 24.3 Å². The summed E-state index contributed by atoms with van der Waals surface area (Å²) < 4.78 is 0. The molecule has 0 bridgehead atoms. The molecule has 0 fully saturated rings. The molecular formula is C13H17N3O. The van der Waals surface area contributed by atoms with Crippen molar-refractivity contribution in [2.45, 2.75) is 13.8 Å². The minimum Gasteiger partial charge on any atom is -0.376 e. The maximum atomic E-state index is 11.4. The first-order valence-electron chi connectivity index (χ1n) is 5.62. The fourth-order valence-corrected chi connectivity index (χ4v) is 1.23. The number of benzene rings is 1. The standard InChI is InChI=1S/C13H17N3O/c1-10(2)8-16-13(17)9-15-12-5-3-11(7-14)4-6-12/h3-6,10,15H,8-9H2,1-2H3,(H,16,17). The molecule has 4 heteroatoms. The van der Waals surface area contributed by atoms with Crippen molar-refractivity contribution in [1.82, 2.24) is 5.32 Å². The minimum atomic E-state index is -0.0249. The van der Waals surface area contributed by atoms with Gasteiger partial charge >= 0.3 is 0 Å². The van der Waals surface area contributed by atoms with Gasteiger partial charge in [-0.2, -0.15) is 5.26 Å². The van der Waals surface area contributed by atoms with Crippen LogP contribution < -0.4 is 10.6 Å². The summed E-state index contributed by atoms with van der Waals surface area (Å²) in [6, 6.07) is 9.05. The van der Waals surface area contributed by atoms with Gasteiger partial charge in [-0.3, -0.25) is 4.79 Å². The lowest BCUT2D eigenvalue weighted by Crippen LogP contribution is -2.32. The summed E-state index contributed by atoms with van der Waals surface area (Å²) in [5, 5.41) is 14.5. The quantitative estimate of drug-likeness (QED) is 0.811. The second-order valence-corrected chi connectivity index (χ2v) is 4.24. The predicted molar refractivity (Wildman–Crippen MR) is 67.5 cm³/mol. The number of rotatable bonds is 5. The second-order valence-electron chi connectivity index (χ2n) is 4.24. The Kier molecular flexibility index (Phi) is 5.02. The SMILES string of the molecule is CC(C)CNC(=O)CNc1ccc(C#N)cc1. The summed E-state index contributed by atoms with van der Waals surface area (Å²) in [6.45, 7) is 5.04. The van der Waals surface area contributed by atoms with E-state index in [0.29, 0.717) is 18.0 Å². The topological polar surface area (TPSA) is 64.9 Å². The van der Waals surface area contributed by atoms with Gasteiger partial charge in [-0.25, -0.2) is 0 Å². The summed E-state index contributed by atoms with van der Waals surface area (Å²) in [7, 11) is 0. The summed E-state index contributed by atoms with van der Waals surface area (Å²) in [5.74, 6) is 0.428. The Labute approximate surface area is 102 Å². The molecule has 0 aliphatic heterocycles. The van der Waals surface area contributed by atoms with Crippen LogP contribution in [0.2, 0.25) is 0 Å². The van der Waals surface area contributed by atoms with Gasteiger partial charge in [-0.15, -0.1) is 0 Å². The predicted octanol–water partition coefficient (Wildman–Crippen LogP) is 1.74. The van der Waals surface area contributed by atoms with E-state index in [1.807, 2.05) is 19.9 Å². The zero-order chi connectivity index (χ0) is 12.7. The van der Waals surface area contributed by atoms with E-state index < -0.39 is 0 Å². The normalized spacial score (nSPS) is 9.76. The van der Waals surface area contributed by atoms with Crippen LogP contribution in [0.3, 0.4) is 0 Å². The second kappa shape index (κ2) is 6.54. The van der Waals surface area contributed by atoms with E-state index in [1.54, 1.807) is 24.3 Å². The maximum absolute atomic E-state index is 11.4. The van der Waals surface area contributed by atoms with Crippen LogP contribution in [0.1, 0.15) is 19.4 Å². The largest absolute Gasteiger partial charge is 0.376 e. The van der Waals surface area contributed by atoms with Crippen molar-refractivity contribution in [3.05, 3.63) is 29.8 Å². The van der Waals surface area contributed by atoms with Crippen molar-refractivity contribution in [2.75, 3.05) is 18.4 Å². The molecule has 4 nitrogen and oxygen atoms in total. The Hall–Kier alpha value is -2.02. The van der Waals surface area contributed by atoms with Crippen LogP contribution in [-0.4, -0.2) is 19.0 Å². The first kappa shape index (κ1) is 13.0. The zero-order valence-corrected chi connectivity index (χ0v) is 10.2. The molecule has 0 heterocycles. The Balaban J connectivity index is 2.35. The van der Waals surface area contributed by atoms with Crippen molar-refractivity contribution in [3.8, 4) is 6.07 Å². The van der Waals surface area contributed by atoms with Crippen LogP contribution in [-0.2, 0) is 4.79 Å². The Morgan fingerprint density at radius 2 is 2.00 bits per heavy atom. The van der Waals surface area contributed by atoms with E-state index in [0.717, 1.165) is 5.69 Å². The molecule has 0 spiro atoms. The monoisotopic (exact) mass is 231 g/mol. The fraction of sp³-hybridized carbons (Fsp3) is 0.385. The van der Waals surface area contributed by atoms with Gasteiger partial charge in [0.15, 0.2) is 0 Å². The van der Waals surface area contributed by atoms with Gasteiger partial charge < -0.3 is 10.6 Å². The number of nitrogens with zero attached hydrogens (tertiary/aromatic N) is 1. The molecule has 2 N–H and O–H groups in total. The van der Waals surface area contributed by atoms with Crippen molar-refractivity contribution in [2.24, 2.45) is 5.92 Å². The highest BCUT2D eigenvalue weighted by Crippen LogP contribution is 2.07. The molecule has 0 aliphatic rings. The van der Waals surface area contributed by atoms with E-state index in [-0.39, 0.29) is 12.5 Å². The lowest BCUT2D eigenvalue weighted by molar-refractivity contribution is -0.119. The van der Waals surface area contributed by atoms with Crippen molar-refractivity contribution in [1.29, 1.82) is 5.26 Å². The molecule has 0 atom stereocenters. The third-order valence-corrected chi connectivity index (χ3v) is 2.17. The molecule has 0 radical (unpaired) electrons. The van der Waals surface area contributed by atoms with Gasteiger partial charge in [0, 0.05) is 12.2 Å². The molecule has 1 aromatic carbocycles. The van der Waals surface area contributed by atoms with Crippen LogP contribution in [0.5, 0.6) is 0 Å². The zero-order valence-electron chi connectivity index (χ0n) is 10.2. The number of carbonyl (C=O) groups excluding carboxylic acids is 1. The molecular weight excluding hydrogens is 214 g/mol. The number of amides is 1. The maximum Gasteiger partial charge on any atom is 0.239 e. The Morgan fingerprint density at radius 3 is 2.53 bits per heavy atom. The third-order valence-electron chi connectivity index (χ3n) is 2.17. The number of carbonyl (C=O) groups is 1. The van der Waals surface area contributed by atoms with E-state index in [9.17, 15) is 4.79 Å². The van der Waals surface area contributed by atoms with Crippen LogP contribution >= 0.6 is 0 Å². The van der Waals surface area contributed by atoms with Gasteiger partial charge in [0.1, 0.15) is 0 Å². The highest BCUT2D eigenvalue weighted by Gasteiger charge is 2.01. The molecule has 0 unspecified atom stereocenters. The summed E-state index contributed by atoms with van der Waals surface area (Å²) in [5.41, 5.74) is 1.45. The summed E-state index contributed by atoms with van der Waals surface area (Å²) in [6.07, 6.45) is 0. The van der Waals surface area contributed by atoms with Gasteiger partial charge in [0.25, 0.3) is 0 Å². The smallest absolute Gasteiger partial charge is 0.239 e. The lowest BCUT2D eigenvalue weighted by atomic mass is 10.2. The van der Waals surface area contributed by atoms with E-state index >= 15 is 0 Å². The van der Waals surface area contributed by atoms with E-state index in [2.05, 4.69) is 10.6 Å². The molecule has 0 aliphatic carbocycles. The molecule has 1 amide bonds. The van der Waals surface area contributed by atoms with Crippen molar-refractivity contribution >= 4 is 11.6 Å². The van der Waals surface area contributed by atoms with Gasteiger partial charge in [0.2, 0.25) is 5.91 Å². The number of hydrogen-bond acceptors (Lipinski definition) is 3. The summed E-state index contributed by atoms with van der Waals surface area (Å²) in [4.78, 5) is 11.4. The molecule has 0 saturated carbocycles. The third kappa shape index (κ3) is 5.03. The van der Waals surface area contributed by atoms with Crippen LogP contribution in [0.4, 0.5) is 5.69 Å². The molecule has 1 rings (SSSR count). The summed E-state index contributed by atoms with van der Waals surface area (Å²) >= 11 is 0. The van der Waals surface area contributed by atoms with Crippen molar-refractivity contribution in [3.63, 3.8) is 0 Å². The lowest BCUT2D eigenvalue weighted by Gasteiger charge is -2.09. The average Bonchev–Trinajstić information content (AvgIpc) is 2.34. The first-order valence-corrected chi connectivity index (χ1v) is 5.62. The van der Waals surface area contributed by atoms with Gasteiger partial charge in [-0.05, 0) is 30.2 Å². The van der Waals surface area contributed by atoms with Crippen LogP contribution in [0.25, 0.3) is 0 Å². The molecule has 90 valence electrons. The number of hydrogen-bond donors (Lipinski definition) is 2. The number of nitrogens with one attached hydrogen (secondary N) is 2. The Morgan fingerprint density at radius 1 is 1.35 bits per heavy atom. The molecule has 0 aromatic heterocycles. The van der Waals surface area contributed by atoms with E-state index in [1.165, 1.54) is 0 Å².